The van der Waals surface area contributed by atoms with Crippen LogP contribution in [0.5, 0.6) is 0 Å². The normalized spacial score (nSPS) is 16.5. The molecule has 0 radical (unpaired) electrons. The topological polar surface area (TPSA) is 48.9 Å². The molecule has 2 aromatic rings. The van der Waals surface area contributed by atoms with Gasteiger partial charge in [-0.3, -0.25) is 4.99 Å². The SMILES string of the molecule is CN=C(NCc1ccccc1COC)NC1CCN(c2c(F)cccc2F)C1.I. The van der Waals surface area contributed by atoms with Crippen LogP contribution in [0.2, 0.25) is 0 Å². The lowest BCUT2D eigenvalue weighted by Crippen LogP contribution is -2.44. The summed E-state index contributed by atoms with van der Waals surface area (Å²) < 4.78 is 33.3. The first-order valence-corrected chi connectivity index (χ1v) is 9.34. The van der Waals surface area contributed by atoms with Gasteiger partial charge in [0.05, 0.1) is 6.61 Å². The summed E-state index contributed by atoms with van der Waals surface area (Å²) in [5.74, 6) is -0.399. The third-order valence-corrected chi connectivity index (χ3v) is 4.87. The molecule has 1 fully saturated rings. The maximum atomic E-state index is 14.0. The van der Waals surface area contributed by atoms with Crippen LogP contribution in [0.4, 0.5) is 14.5 Å². The smallest absolute Gasteiger partial charge is 0.191 e. The Kier molecular flexibility index (Phi) is 9.09. The molecule has 2 aromatic carbocycles. The molecule has 2 N–H and O–H groups in total. The Labute approximate surface area is 187 Å². The highest BCUT2D eigenvalue weighted by Crippen LogP contribution is 2.26. The second-order valence-electron chi connectivity index (χ2n) is 6.77. The van der Waals surface area contributed by atoms with Crippen molar-refractivity contribution in [2.75, 3.05) is 32.1 Å². The van der Waals surface area contributed by atoms with Crippen molar-refractivity contribution in [3.63, 3.8) is 0 Å². The summed E-state index contributed by atoms with van der Waals surface area (Å²) in [4.78, 5) is 6.01. The van der Waals surface area contributed by atoms with E-state index in [0.717, 1.165) is 17.5 Å². The quantitative estimate of drug-likeness (QED) is 0.350. The van der Waals surface area contributed by atoms with E-state index in [0.29, 0.717) is 32.2 Å². The monoisotopic (exact) mass is 516 g/mol. The highest BCUT2D eigenvalue weighted by atomic mass is 127. The fourth-order valence-corrected chi connectivity index (χ4v) is 3.47. The van der Waals surface area contributed by atoms with E-state index in [1.54, 1.807) is 19.1 Å². The molecule has 0 spiro atoms. The number of benzene rings is 2. The number of hydrogen-bond acceptors (Lipinski definition) is 3. The van der Waals surface area contributed by atoms with E-state index in [1.807, 2.05) is 24.3 Å². The maximum Gasteiger partial charge on any atom is 0.191 e. The molecule has 0 bridgehead atoms. The van der Waals surface area contributed by atoms with E-state index in [-0.39, 0.29) is 35.7 Å². The molecule has 1 saturated heterocycles. The van der Waals surface area contributed by atoms with Crippen molar-refractivity contribution < 1.29 is 13.5 Å². The molecule has 158 valence electrons. The average Bonchev–Trinajstić information content (AvgIpc) is 3.14. The maximum absolute atomic E-state index is 14.0. The molecule has 1 aliphatic heterocycles. The summed E-state index contributed by atoms with van der Waals surface area (Å²) >= 11 is 0. The third-order valence-electron chi connectivity index (χ3n) is 4.87. The van der Waals surface area contributed by atoms with Crippen LogP contribution >= 0.6 is 24.0 Å². The van der Waals surface area contributed by atoms with E-state index in [4.69, 9.17) is 4.74 Å². The fourth-order valence-electron chi connectivity index (χ4n) is 3.47. The van der Waals surface area contributed by atoms with Crippen LogP contribution in [0.25, 0.3) is 0 Å². The molecule has 1 atom stereocenters. The summed E-state index contributed by atoms with van der Waals surface area (Å²) in [6.07, 6.45) is 0.773. The molecule has 5 nitrogen and oxygen atoms in total. The van der Waals surface area contributed by atoms with Crippen molar-refractivity contribution in [3.8, 4) is 0 Å². The van der Waals surface area contributed by atoms with Gasteiger partial charge in [-0.1, -0.05) is 30.3 Å². The van der Waals surface area contributed by atoms with Crippen LogP contribution in [0.15, 0.2) is 47.5 Å². The second-order valence-corrected chi connectivity index (χ2v) is 6.77. The largest absolute Gasteiger partial charge is 0.380 e. The number of halogens is 3. The second kappa shape index (κ2) is 11.3. The van der Waals surface area contributed by atoms with Gasteiger partial charge in [0.15, 0.2) is 5.96 Å². The minimum absolute atomic E-state index is 0. The van der Waals surface area contributed by atoms with E-state index < -0.39 is 11.6 Å². The molecule has 0 aromatic heterocycles. The van der Waals surface area contributed by atoms with Crippen molar-refractivity contribution in [1.82, 2.24) is 10.6 Å². The average molecular weight is 516 g/mol. The molecular weight excluding hydrogens is 489 g/mol. The summed E-state index contributed by atoms with van der Waals surface area (Å²) in [5, 5.41) is 6.65. The Morgan fingerprint density at radius 2 is 1.83 bits per heavy atom. The number of para-hydroxylation sites is 1. The zero-order chi connectivity index (χ0) is 19.9. The van der Waals surface area contributed by atoms with Gasteiger partial charge in [0.2, 0.25) is 0 Å². The van der Waals surface area contributed by atoms with Gasteiger partial charge in [-0.15, -0.1) is 24.0 Å². The van der Waals surface area contributed by atoms with Crippen molar-refractivity contribution in [2.45, 2.75) is 25.6 Å². The molecule has 29 heavy (non-hydrogen) atoms. The van der Waals surface area contributed by atoms with Crippen LogP contribution < -0.4 is 15.5 Å². The minimum Gasteiger partial charge on any atom is -0.380 e. The molecule has 8 heteroatoms. The van der Waals surface area contributed by atoms with Gasteiger partial charge in [0, 0.05) is 39.8 Å². The summed E-state index contributed by atoms with van der Waals surface area (Å²) in [7, 11) is 3.38. The fraction of sp³-hybridized carbons (Fsp3) is 0.381. The van der Waals surface area contributed by atoms with Crippen LogP contribution in [-0.4, -0.2) is 39.2 Å². The zero-order valence-corrected chi connectivity index (χ0v) is 19.0. The molecule has 3 rings (SSSR count). The van der Waals surface area contributed by atoms with Crippen LogP contribution in [-0.2, 0) is 17.9 Å². The number of hydrogen-bond donors (Lipinski definition) is 2. The van der Waals surface area contributed by atoms with E-state index >= 15 is 0 Å². The number of rotatable bonds is 6. The molecule has 1 unspecified atom stereocenters. The van der Waals surface area contributed by atoms with Crippen molar-refractivity contribution in [1.29, 1.82) is 0 Å². The van der Waals surface area contributed by atoms with E-state index in [1.165, 1.54) is 18.2 Å². The van der Waals surface area contributed by atoms with Crippen LogP contribution in [0.1, 0.15) is 17.5 Å². The van der Waals surface area contributed by atoms with Gasteiger partial charge in [-0.2, -0.15) is 0 Å². The highest BCUT2D eigenvalue weighted by Gasteiger charge is 2.27. The Bertz CT molecular complexity index is 814. The van der Waals surface area contributed by atoms with Gasteiger partial charge in [0.25, 0.3) is 0 Å². The number of nitrogens with one attached hydrogen (secondary N) is 2. The molecule has 1 aliphatic rings. The number of nitrogens with zero attached hydrogens (tertiary/aromatic N) is 2. The van der Waals surface area contributed by atoms with Crippen molar-refractivity contribution in [3.05, 3.63) is 65.2 Å². The lowest BCUT2D eigenvalue weighted by atomic mass is 10.1. The zero-order valence-electron chi connectivity index (χ0n) is 16.6. The van der Waals surface area contributed by atoms with Crippen molar-refractivity contribution >= 4 is 35.6 Å². The summed E-state index contributed by atoms with van der Waals surface area (Å²) in [6, 6.07) is 12.1. The van der Waals surface area contributed by atoms with Crippen LogP contribution in [0, 0.1) is 11.6 Å². The first kappa shape index (κ1) is 23.3. The minimum atomic E-state index is -0.530. The lowest BCUT2D eigenvalue weighted by molar-refractivity contribution is 0.184. The number of methoxy groups -OCH3 is 1. The van der Waals surface area contributed by atoms with Gasteiger partial charge < -0.3 is 20.3 Å². The van der Waals surface area contributed by atoms with E-state index in [2.05, 4.69) is 15.6 Å². The number of guanidine groups is 1. The Hall–Kier alpha value is -1.94. The predicted octanol–water partition coefficient (Wildman–Crippen LogP) is 3.67. The molecule has 0 saturated carbocycles. The van der Waals surface area contributed by atoms with Crippen LogP contribution in [0.3, 0.4) is 0 Å². The van der Waals surface area contributed by atoms with E-state index in [9.17, 15) is 8.78 Å². The summed E-state index contributed by atoms with van der Waals surface area (Å²) in [5.41, 5.74) is 2.30. The molecule has 0 amide bonds. The molecular formula is C21H27F2IN4O. The van der Waals surface area contributed by atoms with Gasteiger partial charge in [0.1, 0.15) is 17.3 Å². The number of ether oxygens (including phenoxy) is 1. The molecule has 1 heterocycles. The third kappa shape index (κ3) is 6.02. The Morgan fingerprint density at radius 1 is 1.14 bits per heavy atom. The standard InChI is InChI=1S/C21H26F2N4O.HI/c1-24-21(25-12-15-6-3-4-7-16(15)14-28-2)26-17-10-11-27(13-17)20-18(22)8-5-9-19(20)23;/h3-9,17H,10-14H2,1-2H3,(H2,24,25,26);1H. The Balaban J connectivity index is 0.00000300. The number of aliphatic imine (C=N–C) groups is 1. The highest BCUT2D eigenvalue weighted by molar-refractivity contribution is 14.0. The first-order valence-electron chi connectivity index (χ1n) is 9.34. The van der Waals surface area contributed by atoms with Crippen molar-refractivity contribution in [2.24, 2.45) is 4.99 Å². The lowest BCUT2D eigenvalue weighted by Gasteiger charge is -2.21. The number of anilines is 1. The Morgan fingerprint density at radius 3 is 2.48 bits per heavy atom. The first-order chi connectivity index (χ1) is 13.6. The van der Waals surface area contributed by atoms with Gasteiger partial charge in [-0.25, -0.2) is 8.78 Å². The van der Waals surface area contributed by atoms with Gasteiger partial charge in [-0.05, 0) is 29.7 Å². The summed E-state index contributed by atoms with van der Waals surface area (Å²) in [6.45, 7) is 2.26. The van der Waals surface area contributed by atoms with Gasteiger partial charge >= 0.3 is 0 Å². The molecule has 0 aliphatic carbocycles. The predicted molar refractivity (Wildman–Crippen MR) is 123 cm³/mol.